The van der Waals surface area contributed by atoms with Crippen LogP contribution in [-0.2, 0) is 22.4 Å². The molecule has 0 spiro atoms. The maximum Gasteiger partial charge on any atom is 0.415 e. The molecule has 2 aliphatic heterocycles. The molecule has 6 rings (SSSR count). The van der Waals surface area contributed by atoms with Gasteiger partial charge in [0, 0.05) is 18.0 Å². The van der Waals surface area contributed by atoms with Crippen molar-refractivity contribution < 1.29 is 19.1 Å². The Kier molecular flexibility index (Phi) is 4.69. The molecule has 4 aliphatic rings. The number of fused-ring (bicyclic) bond motifs is 2. The van der Waals surface area contributed by atoms with Crippen LogP contribution in [0, 0.1) is 17.2 Å². The summed E-state index contributed by atoms with van der Waals surface area (Å²) in [6.07, 6.45) is 3.14. The number of benzene rings is 1. The van der Waals surface area contributed by atoms with E-state index in [1.807, 2.05) is 12.1 Å². The van der Waals surface area contributed by atoms with Gasteiger partial charge >= 0.3 is 6.09 Å². The molecule has 0 bridgehead atoms. The standard InChI is InChI=1S/C24H23N5O4/c25-10-14-3-1-2-13-6-17(9-18(13)14)26-16-7-15(8-16)20-11-29(24(31)33-20)21-5-4-19-23(27-21)28-22(30)12-32-19/h1-5,15-17,20,26H,6-9,11-12H2,(H,27,28,30)/t15-,16+,17?,20?. The lowest BCUT2D eigenvalue weighted by Gasteiger charge is -2.39. The third kappa shape index (κ3) is 3.56. The van der Waals surface area contributed by atoms with Gasteiger partial charge in [-0.25, -0.2) is 9.78 Å². The quantitative estimate of drug-likeness (QED) is 0.741. The van der Waals surface area contributed by atoms with Gasteiger partial charge in [0.05, 0.1) is 18.2 Å². The van der Waals surface area contributed by atoms with E-state index in [1.54, 1.807) is 12.1 Å². The zero-order valence-corrected chi connectivity index (χ0v) is 17.9. The van der Waals surface area contributed by atoms with Crippen LogP contribution in [-0.4, -0.2) is 48.3 Å². The molecule has 2 aliphatic carbocycles. The highest BCUT2D eigenvalue weighted by molar-refractivity contribution is 5.95. The van der Waals surface area contributed by atoms with Crippen molar-refractivity contribution in [2.45, 2.75) is 43.9 Å². The highest BCUT2D eigenvalue weighted by Gasteiger charge is 2.44. The van der Waals surface area contributed by atoms with E-state index in [9.17, 15) is 14.9 Å². The lowest BCUT2D eigenvalue weighted by atomic mass is 9.76. The molecule has 168 valence electrons. The highest BCUT2D eigenvalue weighted by Crippen LogP contribution is 2.38. The SMILES string of the molecule is N#Cc1cccc2c1CC(N[C@H]1C[C@@H](C3CN(c4ccc5c(n4)NC(=O)CO5)C(=O)O3)C1)C2. The zero-order valence-electron chi connectivity index (χ0n) is 17.9. The predicted octanol–water partition coefficient (Wildman–Crippen LogP) is 2.14. The Morgan fingerprint density at radius 1 is 1.15 bits per heavy atom. The first kappa shape index (κ1) is 20.0. The summed E-state index contributed by atoms with van der Waals surface area (Å²) in [6, 6.07) is 12.4. The average Bonchev–Trinajstić information content (AvgIpc) is 3.38. The maximum atomic E-state index is 12.5. The second kappa shape index (κ2) is 7.74. The van der Waals surface area contributed by atoms with Crippen LogP contribution in [0.3, 0.4) is 0 Å². The molecule has 9 nitrogen and oxygen atoms in total. The Morgan fingerprint density at radius 3 is 2.88 bits per heavy atom. The van der Waals surface area contributed by atoms with E-state index in [2.05, 4.69) is 27.8 Å². The van der Waals surface area contributed by atoms with Crippen molar-refractivity contribution in [3.63, 3.8) is 0 Å². The largest absolute Gasteiger partial charge is 0.480 e. The van der Waals surface area contributed by atoms with Gasteiger partial charge in [-0.2, -0.15) is 5.26 Å². The monoisotopic (exact) mass is 445 g/mol. The lowest BCUT2D eigenvalue weighted by molar-refractivity contribution is -0.118. The fourth-order valence-electron chi connectivity index (χ4n) is 5.33. The Morgan fingerprint density at radius 2 is 2.03 bits per heavy atom. The molecule has 33 heavy (non-hydrogen) atoms. The Bertz CT molecular complexity index is 1190. The van der Waals surface area contributed by atoms with Crippen LogP contribution >= 0.6 is 0 Å². The fourth-order valence-corrected chi connectivity index (χ4v) is 5.33. The summed E-state index contributed by atoms with van der Waals surface area (Å²) < 4.78 is 11.0. The molecular formula is C24H23N5O4. The first-order chi connectivity index (χ1) is 16.1. The van der Waals surface area contributed by atoms with Crippen LogP contribution in [0.5, 0.6) is 5.75 Å². The van der Waals surface area contributed by atoms with Gasteiger partial charge < -0.3 is 20.1 Å². The lowest BCUT2D eigenvalue weighted by Crippen LogP contribution is -2.50. The van der Waals surface area contributed by atoms with Gasteiger partial charge in [0.2, 0.25) is 0 Å². The third-order valence-corrected chi connectivity index (χ3v) is 7.05. The summed E-state index contributed by atoms with van der Waals surface area (Å²) in [5, 5.41) is 15.7. The van der Waals surface area contributed by atoms with Crippen LogP contribution in [0.1, 0.15) is 29.5 Å². The van der Waals surface area contributed by atoms with Gasteiger partial charge in [-0.3, -0.25) is 9.69 Å². The summed E-state index contributed by atoms with van der Waals surface area (Å²) in [5.74, 6) is 1.29. The van der Waals surface area contributed by atoms with Crippen molar-refractivity contribution in [2.24, 2.45) is 5.92 Å². The first-order valence-electron chi connectivity index (χ1n) is 11.3. The van der Waals surface area contributed by atoms with E-state index in [1.165, 1.54) is 16.0 Å². The van der Waals surface area contributed by atoms with Crippen LogP contribution in [0.25, 0.3) is 0 Å². The second-order valence-electron chi connectivity index (χ2n) is 9.14. The van der Waals surface area contributed by atoms with E-state index in [4.69, 9.17) is 9.47 Å². The molecule has 1 aromatic heterocycles. The molecule has 2 N–H and O–H groups in total. The van der Waals surface area contributed by atoms with Crippen LogP contribution in [0.2, 0.25) is 0 Å². The topological polar surface area (TPSA) is 117 Å². The van der Waals surface area contributed by atoms with E-state index in [-0.39, 0.29) is 18.6 Å². The number of hydrogen-bond acceptors (Lipinski definition) is 7. The molecule has 9 heteroatoms. The minimum Gasteiger partial charge on any atom is -0.480 e. The van der Waals surface area contributed by atoms with Gasteiger partial charge in [-0.05, 0) is 55.0 Å². The van der Waals surface area contributed by atoms with Crippen molar-refractivity contribution in [1.82, 2.24) is 10.3 Å². The van der Waals surface area contributed by atoms with E-state index in [0.717, 1.165) is 31.2 Å². The molecule has 2 unspecified atom stereocenters. The molecule has 1 aromatic carbocycles. The summed E-state index contributed by atoms with van der Waals surface area (Å²) in [4.78, 5) is 30.0. The maximum absolute atomic E-state index is 12.5. The number of nitriles is 1. The summed E-state index contributed by atoms with van der Waals surface area (Å²) >= 11 is 0. The van der Waals surface area contributed by atoms with E-state index in [0.29, 0.717) is 41.9 Å². The van der Waals surface area contributed by atoms with Gasteiger partial charge in [0.1, 0.15) is 11.9 Å². The molecule has 1 saturated heterocycles. The number of anilines is 2. The number of carbonyl (C=O) groups is 2. The van der Waals surface area contributed by atoms with Crippen molar-refractivity contribution >= 4 is 23.6 Å². The minimum absolute atomic E-state index is 0.0365. The molecule has 2 amide bonds. The molecule has 2 aromatic rings. The van der Waals surface area contributed by atoms with Crippen molar-refractivity contribution in [1.29, 1.82) is 5.26 Å². The Hall–Kier alpha value is -3.64. The van der Waals surface area contributed by atoms with Crippen LogP contribution in [0.15, 0.2) is 30.3 Å². The van der Waals surface area contributed by atoms with E-state index < -0.39 is 6.09 Å². The number of pyridine rings is 1. The predicted molar refractivity (Wildman–Crippen MR) is 118 cm³/mol. The number of carbonyl (C=O) groups excluding carboxylic acids is 2. The molecule has 2 fully saturated rings. The van der Waals surface area contributed by atoms with Crippen LogP contribution in [0.4, 0.5) is 16.4 Å². The summed E-state index contributed by atoms with van der Waals surface area (Å²) in [5.41, 5.74) is 3.22. The molecule has 1 saturated carbocycles. The molecule has 3 heterocycles. The number of nitrogens with one attached hydrogen (secondary N) is 2. The van der Waals surface area contributed by atoms with Gasteiger partial charge in [0.25, 0.3) is 5.91 Å². The van der Waals surface area contributed by atoms with Crippen molar-refractivity contribution in [3.05, 3.63) is 47.0 Å². The average molecular weight is 445 g/mol. The second-order valence-corrected chi connectivity index (χ2v) is 9.14. The van der Waals surface area contributed by atoms with Gasteiger partial charge in [0.15, 0.2) is 18.2 Å². The minimum atomic E-state index is -0.415. The zero-order chi connectivity index (χ0) is 22.5. The number of aromatic nitrogens is 1. The number of amides is 2. The summed E-state index contributed by atoms with van der Waals surface area (Å²) in [6.45, 7) is 0.405. The Balaban J connectivity index is 1.04. The van der Waals surface area contributed by atoms with Crippen LogP contribution < -0.4 is 20.3 Å². The summed E-state index contributed by atoms with van der Waals surface area (Å²) in [7, 11) is 0. The number of nitrogens with zero attached hydrogens (tertiary/aromatic N) is 3. The normalized spacial score (nSPS) is 27.5. The molecule has 2 atom stereocenters. The number of rotatable bonds is 4. The van der Waals surface area contributed by atoms with Crippen molar-refractivity contribution in [3.8, 4) is 11.8 Å². The van der Waals surface area contributed by atoms with Crippen molar-refractivity contribution in [2.75, 3.05) is 23.4 Å². The van der Waals surface area contributed by atoms with Gasteiger partial charge in [-0.15, -0.1) is 0 Å². The smallest absolute Gasteiger partial charge is 0.415 e. The third-order valence-electron chi connectivity index (χ3n) is 7.05. The number of hydrogen-bond donors (Lipinski definition) is 2. The fraction of sp³-hybridized carbons (Fsp3) is 0.417. The molecule has 0 radical (unpaired) electrons. The van der Waals surface area contributed by atoms with E-state index >= 15 is 0 Å². The first-order valence-corrected chi connectivity index (χ1v) is 11.3. The Labute approximate surface area is 190 Å². The molecular weight excluding hydrogens is 422 g/mol. The number of cyclic esters (lactones) is 1. The number of ether oxygens (including phenoxy) is 2. The van der Waals surface area contributed by atoms with Gasteiger partial charge in [-0.1, -0.05) is 12.1 Å². The highest BCUT2D eigenvalue weighted by atomic mass is 16.6.